The highest BCUT2D eigenvalue weighted by atomic mass is 19.1. The maximum atomic E-state index is 14.0. The van der Waals surface area contributed by atoms with Crippen molar-refractivity contribution >= 4 is 5.82 Å². The lowest BCUT2D eigenvalue weighted by molar-refractivity contribution is 0.0686. The lowest BCUT2D eigenvalue weighted by Crippen LogP contribution is -2.44. The predicted octanol–water partition coefficient (Wildman–Crippen LogP) is 1.12. The number of alkyl halides is 1. The SMILES string of the molecule is Cc1c(O[C@@H]2CCNC[C@H]2F)ncnc1N1Cc2cnn(C)c2C1. The van der Waals surface area contributed by atoms with Crippen molar-refractivity contribution in [3.63, 3.8) is 0 Å². The van der Waals surface area contributed by atoms with Gasteiger partial charge in [-0.25, -0.2) is 14.4 Å². The number of halogens is 1. The summed E-state index contributed by atoms with van der Waals surface area (Å²) in [5.74, 6) is 1.31. The van der Waals surface area contributed by atoms with E-state index in [0.717, 1.165) is 31.0 Å². The molecule has 0 spiro atoms. The van der Waals surface area contributed by atoms with Crippen LogP contribution in [0.1, 0.15) is 23.2 Å². The van der Waals surface area contributed by atoms with Crippen LogP contribution in [0.25, 0.3) is 0 Å². The first-order chi connectivity index (χ1) is 11.6. The largest absolute Gasteiger partial charge is 0.471 e. The molecule has 2 aliphatic heterocycles. The molecule has 4 heterocycles. The zero-order valence-electron chi connectivity index (χ0n) is 13.9. The smallest absolute Gasteiger partial charge is 0.221 e. The number of aryl methyl sites for hydroxylation is 1. The monoisotopic (exact) mass is 332 g/mol. The molecule has 0 bridgehead atoms. The summed E-state index contributed by atoms with van der Waals surface area (Å²) in [5, 5.41) is 7.31. The van der Waals surface area contributed by atoms with Gasteiger partial charge in [0.2, 0.25) is 5.88 Å². The molecule has 0 unspecified atom stereocenters. The summed E-state index contributed by atoms with van der Waals surface area (Å²) in [4.78, 5) is 10.8. The van der Waals surface area contributed by atoms with E-state index in [-0.39, 0.29) is 0 Å². The average molecular weight is 332 g/mol. The van der Waals surface area contributed by atoms with Crippen LogP contribution in [0.15, 0.2) is 12.5 Å². The van der Waals surface area contributed by atoms with E-state index in [1.165, 1.54) is 17.6 Å². The molecule has 2 aliphatic rings. The van der Waals surface area contributed by atoms with E-state index in [9.17, 15) is 4.39 Å². The molecule has 1 fully saturated rings. The van der Waals surface area contributed by atoms with Crippen LogP contribution < -0.4 is 15.0 Å². The van der Waals surface area contributed by atoms with E-state index in [0.29, 0.717) is 18.8 Å². The van der Waals surface area contributed by atoms with E-state index in [2.05, 4.69) is 25.3 Å². The fourth-order valence-corrected chi connectivity index (χ4v) is 3.37. The first-order valence-electron chi connectivity index (χ1n) is 8.21. The van der Waals surface area contributed by atoms with E-state index < -0.39 is 12.3 Å². The molecule has 24 heavy (non-hydrogen) atoms. The fraction of sp³-hybridized carbons (Fsp3) is 0.562. The Bertz CT molecular complexity index is 748. The molecule has 0 saturated carbocycles. The molecule has 2 atom stereocenters. The molecular weight excluding hydrogens is 311 g/mol. The molecule has 7 nitrogen and oxygen atoms in total. The normalized spacial score (nSPS) is 23.4. The molecule has 1 saturated heterocycles. The zero-order valence-corrected chi connectivity index (χ0v) is 13.9. The Balaban J connectivity index is 1.55. The van der Waals surface area contributed by atoms with Crippen LogP contribution in [-0.4, -0.2) is 45.1 Å². The highest BCUT2D eigenvalue weighted by Crippen LogP contribution is 2.32. The Kier molecular flexibility index (Phi) is 3.84. The number of fused-ring (bicyclic) bond motifs is 1. The van der Waals surface area contributed by atoms with Gasteiger partial charge in [-0.05, 0) is 19.9 Å². The van der Waals surface area contributed by atoms with E-state index in [1.807, 2.05) is 24.9 Å². The van der Waals surface area contributed by atoms with Crippen LogP contribution in [0.4, 0.5) is 10.2 Å². The van der Waals surface area contributed by atoms with Gasteiger partial charge in [-0.15, -0.1) is 0 Å². The van der Waals surface area contributed by atoms with Crippen LogP contribution >= 0.6 is 0 Å². The van der Waals surface area contributed by atoms with Crippen molar-refractivity contribution < 1.29 is 9.13 Å². The summed E-state index contributed by atoms with van der Waals surface area (Å²) >= 11 is 0. The van der Waals surface area contributed by atoms with Crippen molar-refractivity contribution in [2.45, 2.75) is 38.7 Å². The van der Waals surface area contributed by atoms with Gasteiger partial charge < -0.3 is 15.0 Å². The molecule has 1 N–H and O–H groups in total. The molecule has 8 heteroatoms. The standard InChI is InChI=1S/C16H21FN6O/c1-10-15(23-7-11-5-21-22(2)13(11)8-23)19-9-20-16(10)24-14-3-4-18-6-12(14)17/h5,9,12,14,18H,3-4,6-8H2,1-2H3/t12-,14-/m1/s1. The summed E-state index contributed by atoms with van der Waals surface area (Å²) in [6, 6.07) is 0. The Labute approximate surface area is 139 Å². The Morgan fingerprint density at radius 3 is 3.00 bits per heavy atom. The first kappa shape index (κ1) is 15.3. The maximum absolute atomic E-state index is 14.0. The van der Waals surface area contributed by atoms with Crippen LogP contribution in [0, 0.1) is 6.92 Å². The second-order valence-electron chi connectivity index (χ2n) is 6.39. The summed E-state index contributed by atoms with van der Waals surface area (Å²) in [6.45, 7) is 4.54. The van der Waals surface area contributed by atoms with Gasteiger partial charge in [-0.1, -0.05) is 0 Å². The number of ether oxygens (including phenoxy) is 1. The summed E-state index contributed by atoms with van der Waals surface area (Å²) in [7, 11) is 1.95. The predicted molar refractivity (Wildman–Crippen MR) is 86.7 cm³/mol. The van der Waals surface area contributed by atoms with E-state index >= 15 is 0 Å². The molecular formula is C16H21FN6O. The minimum absolute atomic E-state index is 0.329. The minimum atomic E-state index is -1.02. The maximum Gasteiger partial charge on any atom is 0.221 e. The van der Waals surface area contributed by atoms with E-state index in [4.69, 9.17) is 4.74 Å². The third kappa shape index (κ3) is 2.60. The number of nitrogens with zero attached hydrogens (tertiary/aromatic N) is 5. The number of aromatic nitrogens is 4. The molecule has 0 radical (unpaired) electrons. The van der Waals surface area contributed by atoms with Crippen LogP contribution in [-0.2, 0) is 20.1 Å². The second kappa shape index (κ2) is 6.01. The third-order valence-corrected chi connectivity index (χ3v) is 4.77. The number of nitrogens with one attached hydrogen (secondary N) is 1. The number of hydrogen-bond acceptors (Lipinski definition) is 6. The van der Waals surface area contributed by atoms with Crippen molar-refractivity contribution in [1.82, 2.24) is 25.1 Å². The van der Waals surface area contributed by atoms with Gasteiger partial charge in [0, 0.05) is 25.7 Å². The van der Waals surface area contributed by atoms with Gasteiger partial charge in [0.25, 0.3) is 0 Å². The molecule has 128 valence electrons. The van der Waals surface area contributed by atoms with Gasteiger partial charge >= 0.3 is 0 Å². The van der Waals surface area contributed by atoms with Crippen molar-refractivity contribution in [3.8, 4) is 5.88 Å². The lowest BCUT2D eigenvalue weighted by atomic mass is 10.1. The molecule has 4 rings (SSSR count). The third-order valence-electron chi connectivity index (χ3n) is 4.77. The highest BCUT2D eigenvalue weighted by molar-refractivity contribution is 5.53. The van der Waals surface area contributed by atoms with Crippen molar-refractivity contribution in [3.05, 3.63) is 29.3 Å². The van der Waals surface area contributed by atoms with Crippen LogP contribution in [0.5, 0.6) is 5.88 Å². The number of piperidine rings is 1. The van der Waals surface area contributed by atoms with Gasteiger partial charge in [0.1, 0.15) is 24.4 Å². The Morgan fingerprint density at radius 1 is 1.33 bits per heavy atom. The minimum Gasteiger partial charge on any atom is -0.471 e. The van der Waals surface area contributed by atoms with Gasteiger partial charge in [0.05, 0.1) is 24.0 Å². The molecule has 0 amide bonds. The van der Waals surface area contributed by atoms with Crippen molar-refractivity contribution in [2.24, 2.45) is 7.05 Å². The quantitative estimate of drug-likeness (QED) is 0.908. The Hall–Kier alpha value is -2.22. The molecule has 0 aromatic carbocycles. The second-order valence-corrected chi connectivity index (χ2v) is 6.39. The van der Waals surface area contributed by atoms with Crippen LogP contribution in [0.2, 0.25) is 0 Å². The fourth-order valence-electron chi connectivity index (χ4n) is 3.37. The van der Waals surface area contributed by atoms with Gasteiger partial charge in [0.15, 0.2) is 0 Å². The molecule has 2 aromatic rings. The van der Waals surface area contributed by atoms with Gasteiger partial charge in [-0.2, -0.15) is 5.10 Å². The van der Waals surface area contributed by atoms with Crippen molar-refractivity contribution in [1.29, 1.82) is 0 Å². The molecule has 0 aliphatic carbocycles. The summed E-state index contributed by atoms with van der Waals surface area (Å²) < 4.78 is 21.8. The van der Waals surface area contributed by atoms with Gasteiger partial charge in [-0.3, -0.25) is 4.68 Å². The van der Waals surface area contributed by atoms with E-state index in [1.54, 1.807) is 0 Å². The number of hydrogen-bond donors (Lipinski definition) is 1. The zero-order chi connectivity index (χ0) is 16.7. The Morgan fingerprint density at radius 2 is 2.21 bits per heavy atom. The average Bonchev–Trinajstić information content (AvgIpc) is 3.14. The highest BCUT2D eigenvalue weighted by Gasteiger charge is 2.29. The molecule has 2 aromatic heterocycles. The van der Waals surface area contributed by atoms with Crippen LogP contribution in [0.3, 0.4) is 0 Å². The van der Waals surface area contributed by atoms with Crippen molar-refractivity contribution in [2.75, 3.05) is 18.0 Å². The number of rotatable bonds is 3. The first-order valence-corrected chi connectivity index (χ1v) is 8.21. The topological polar surface area (TPSA) is 68.1 Å². The summed E-state index contributed by atoms with van der Waals surface area (Å²) in [5.41, 5.74) is 3.25. The summed E-state index contributed by atoms with van der Waals surface area (Å²) in [6.07, 6.45) is 2.56. The number of anilines is 1. The lowest BCUT2D eigenvalue weighted by Gasteiger charge is -2.28.